The van der Waals surface area contributed by atoms with Crippen LogP contribution in [0.5, 0.6) is 0 Å². The van der Waals surface area contributed by atoms with Crippen LogP contribution in [0.15, 0.2) is 22.9 Å². The van der Waals surface area contributed by atoms with Gasteiger partial charge in [-0.3, -0.25) is 0 Å². The summed E-state index contributed by atoms with van der Waals surface area (Å²) < 4.78 is 28.7. The Kier molecular flexibility index (Phi) is 4.42. The van der Waals surface area contributed by atoms with E-state index in [1.54, 1.807) is 0 Å². The second-order valence-corrected chi connectivity index (χ2v) is 5.27. The van der Waals surface area contributed by atoms with Crippen molar-refractivity contribution in [1.29, 1.82) is 0 Å². The third-order valence-electron chi connectivity index (χ3n) is 2.74. The Labute approximate surface area is 123 Å². The van der Waals surface area contributed by atoms with Gasteiger partial charge in [-0.15, -0.1) is 0 Å². The Morgan fingerprint density at radius 3 is 2.79 bits per heavy atom. The summed E-state index contributed by atoms with van der Waals surface area (Å²) >= 11 is 8.20. The van der Waals surface area contributed by atoms with Crippen molar-refractivity contribution >= 4 is 28.1 Å². The molecule has 2 rings (SSSR count). The number of H-pyrrole nitrogens is 1. The lowest BCUT2D eigenvalue weighted by atomic mass is 10.0. The monoisotopic (exact) mass is 344 g/mol. The van der Waals surface area contributed by atoms with E-state index in [4.69, 9.17) is 12.2 Å². The number of nitrogens with one attached hydrogen (secondary N) is 1. The van der Waals surface area contributed by atoms with E-state index in [0.717, 1.165) is 6.42 Å². The van der Waals surface area contributed by atoms with E-state index in [2.05, 4.69) is 25.9 Å². The van der Waals surface area contributed by atoms with Gasteiger partial charge in [0.1, 0.15) is 16.3 Å². The molecular weight excluding hydrogens is 334 g/mol. The fourth-order valence-electron chi connectivity index (χ4n) is 1.89. The van der Waals surface area contributed by atoms with Crippen molar-refractivity contribution in [2.24, 2.45) is 0 Å². The molecule has 0 aliphatic heterocycles. The summed E-state index contributed by atoms with van der Waals surface area (Å²) in [7, 11) is 0. The van der Waals surface area contributed by atoms with Crippen LogP contribution < -0.4 is 0 Å². The predicted octanol–water partition coefficient (Wildman–Crippen LogP) is 4.80. The van der Waals surface area contributed by atoms with Crippen molar-refractivity contribution in [3.63, 3.8) is 0 Å². The smallest absolute Gasteiger partial charge is 0.149 e. The summed E-state index contributed by atoms with van der Waals surface area (Å²) in [5.74, 6) is -1.27. The van der Waals surface area contributed by atoms with Crippen LogP contribution in [0.1, 0.15) is 18.9 Å². The molecule has 0 unspecified atom stereocenters. The molecule has 6 heteroatoms. The van der Waals surface area contributed by atoms with Gasteiger partial charge in [-0.05, 0) is 34.5 Å². The van der Waals surface area contributed by atoms with Crippen LogP contribution in [0.3, 0.4) is 0 Å². The first-order valence-corrected chi connectivity index (χ1v) is 6.96. The van der Waals surface area contributed by atoms with E-state index >= 15 is 0 Å². The Bertz CT molecular complexity index is 670. The number of rotatable bonds is 3. The maximum Gasteiger partial charge on any atom is 0.149 e. The maximum absolute atomic E-state index is 14.1. The molecule has 0 spiro atoms. The summed E-state index contributed by atoms with van der Waals surface area (Å²) in [6.07, 6.45) is 2.79. The van der Waals surface area contributed by atoms with Crippen LogP contribution in [0.4, 0.5) is 8.78 Å². The molecule has 1 N–H and O–H groups in total. The molecule has 0 fully saturated rings. The van der Waals surface area contributed by atoms with Crippen molar-refractivity contribution in [1.82, 2.24) is 9.97 Å². The lowest BCUT2D eigenvalue weighted by molar-refractivity contribution is 0.583. The van der Waals surface area contributed by atoms with Gasteiger partial charge in [0.15, 0.2) is 0 Å². The third-order valence-corrected chi connectivity index (χ3v) is 3.71. The first-order valence-electron chi connectivity index (χ1n) is 5.76. The minimum Gasteiger partial charge on any atom is -0.345 e. The molecule has 0 radical (unpaired) electrons. The van der Waals surface area contributed by atoms with Crippen molar-refractivity contribution in [3.8, 4) is 11.3 Å². The quantitative estimate of drug-likeness (QED) is 0.639. The van der Waals surface area contributed by atoms with Gasteiger partial charge in [0.25, 0.3) is 0 Å². The zero-order valence-corrected chi connectivity index (χ0v) is 12.5. The highest BCUT2D eigenvalue weighted by Crippen LogP contribution is 2.31. The lowest BCUT2D eigenvalue weighted by Gasteiger charge is -2.11. The van der Waals surface area contributed by atoms with Gasteiger partial charge in [0.2, 0.25) is 0 Å². The molecular formula is C13H11BrF2N2S. The van der Waals surface area contributed by atoms with E-state index in [-0.39, 0.29) is 10.0 Å². The highest BCUT2D eigenvalue weighted by Gasteiger charge is 2.18. The number of benzene rings is 1. The molecule has 1 aromatic carbocycles. The van der Waals surface area contributed by atoms with Crippen molar-refractivity contribution < 1.29 is 8.78 Å². The second-order valence-electron chi connectivity index (χ2n) is 4.03. The van der Waals surface area contributed by atoms with E-state index in [1.165, 1.54) is 18.5 Å². The molecule has 0 aliphatic carbocycles. The summed E-state index contributed by atoms with van der Waals surface area (Å²) in [6, 6.07) is 2.55. The highest BCUT2D eigenvalue weighted by atomic mass is 79.9. The lowest BCUT2D eigenvalue weighted by Crippen LogP contribution is -2.01. The van der Waals surface area contributed by atoms with E-state index in [1.807, 2.05) is 6.92 Å². The number of aromatic nitrogens is 2. The molecule has 2 aromatic rings. The molecule has 100 valence electrons. The minimum atomic E-state index is -0.644. The van der Waals surface area contributed by atoms with Crippen LogP contribution in [-0.2, 0) is 6.42 Å². The third kappa shape index (κ3) is 2.74. The molecule has 0 atom stereocenters. The average molecular weight is 345 g/mol. The van der Waals surface area contributed by atoms with Gasteiger partial charge < -0.3 is 4.98 Å². The zero-order valence-electron chi connectivity index (χ0n) is 10.1. The molecule has 0 saturated heterocycles. The first-order chi connectivity index (χ1) is 9.06. The van der Waals surface area contributed by atoms with Crippen LogP contribution in [0.2, 0.25) is 0 Å². The molecule has 0 bridgehead atoms. The summed E-state index contributed by atoms with van der Waals surface area (Å²) in [5, 5.41) is 0. The van der Waals surface area contributed by atoms with E-state index < -0.39 is 11.6 Å². The SMILES string of the molecule is CCCc1c(-c2c(F)ccc(Br)c2F)[nH]cnc1=S. The van der Waals surface area contributed by atoms with Crippen molar-refractivity contribution in [2.75, 3.05) is 0 Å². The van der Waals surface area contributed by atoms with Crippen molar-refractivity contribution in [2.45, 2.75) is 19.8 Å². The average Bonchev–Trinajstić information content (AvgIpc) is 2.38. The number of hydrogen-bond acceptors (Lipinski definition) is 2. The fraction of sp³-hybridized carbons (Fsp3) is 0.231. The Balaban J connectivity index is 2.76. The fourth-order valence-corrected chi connectivity index (χ4v) is 2.48. The van der Waals surface area contributed by atoms with Gasteiger partial charge in [0.05, 0.1) is 22.1 Å². The largest absolute Gasteiger partial charge is 0.345 e. The van der Waals surface area contributed by atoms with Crippen LogP contribution >= 0.6 is 28.1 Å². The van der Waals surface area contributed by atoms with Gasteiger partial charge in [-0.1, -0.05) is 25.6 Å². The molecule has 0 saturated carbocycles. The van der Waals surface area contributed by atoms with E-state index in [9.17, 15) is 8.78 Å². The molecule has 19 heavy (non-hydrogen) atoms. The predicted molar refractivity (Wildman–Crippen MR) is 76.5 cm³/mol. The summed E-state index contributed by atoms with van der Waals surface area (Å²) in [6.45, 7) is 1.97. The molecule has 0 amide bonds. The number of aromatic amines is 1. The van der Waals surface area contributed by atoms with Gasteiger partial charge in [0, 0.05) is 5.56 Å². The number of hydrogen-bond donors (Lipinski definition) is 1. The maximum atomic E-state index is 14.1. The second kappa shape index (κ2) is 5.88. The van der Waals surface area contributed by atoms with Crippen LogP contribution in [0.25, 0.3) is 11.3 Å². The van der Waals surface area contributed by atoms with Crippen LogP contribution in [-0.4, -0.2) is 9.97 Å². The topological polar surface area (TPSA) is 28.7 Å². The summed E-state index contributed by atoms with van der Waals surface area (Å²) in [4.78, 5) is 6.78. The van der Waals surface area contributed by atoms with Crippen LogP contribution in [0, 0.1) is 16.3 Å². The summed E-state index contributed by atoms with van der Waals surface area (Å²) in [5.41, 5.74) is 0.917. The van der Waals surface area contributed by atoms with Crippen molar-refractivity contribution in [3.05, 3.63) is 44.8 Å². The van der Waals surface area contributed by atoms with Gasteiger partial charge in [-0.25, -0.2) is 13.8 Å². The van der Waals surface area contributed by atoms with Gasteiger partial charge >= 0.3 is 0 Å². The minimum absolute atomic E-state index is 0.105. The molecule has 1 aromatic heterocycles. The Morgan fingerprint density at radius 2 is 2.11 bits per heavy atom. The molecule has 2 nitrogen and oxygen atoms in total. The normalized spacial score (nSPS) is 10.7. The Hall–Kier alpha value is -1.14. The first kappa shape index (κ1) is 14.3. The molecule has 0 aliphatic rings. The standard InChI is InChI=1S/C13H11BrF2N2S/c1-2-3-7-12(17-6-18-13(7)19)10-9(15)5-4-8(14)11(10)16/h4-6H,2-3H2,1H3,(H,17,18,19). The van der Waals surface area contributed by atoms with E-state index in [0.29, 0.717) is 22.3 Å². The number of nitrogens with zero attached hydrogens (tertiary/aromatic N) is 1. The highest BCUT2D eigenvalue weighted by molar-refractivity contribution is 9.10. The van der Waals surface area contributed by atoms with Gasteiger partial charge in [-0.2, -0.15) is 0 Å². The number of halogens is 3. The zero-order chi connectivity index (χ0) is 14.0. The molecule has 1 heterocycles. The Morgan fingerprint density at radius 1 is 1.37 bits per heavy atom.